The molecule has 9 nitrogen and oxygen atoms in total. The summed E-state index contributed by atoms with van der Waals surface area (Å²) in [7, 11) is 0. The van der Waals surface area contributed by atoms with Crippen LogP contribution in [0.4, 0.5) is 0 Å². The fourth-order valence-electron chi connectivity index (χ4n) is 5.33. The molecule has 0 radical (unpaired) electrons. The van der Waals surface area contributed by atoms with Crippen molar-refractivity contribution >= 4 is 29.2 Å². The van der Waals surface area contributed by atoms with Crippen molar-refractivity contribution in [1.29, 1.82) is 0 Å². The summed E-state index contributed by atoms with van der Waals surface area (Å²) in [5.41, 5.74) is 12.3. The molecule has 0 fully saturated rings. The molecule has 3 aromatic rings. The smallest absolute Gasteiger partial charge is 0.313 e. The third-order valence-electron chi connectivity index (χ3n) is 7.20. The summed E-state index contributed by atoms with van der Waals surface area (Å²) in [4.78, 5) is 33.7. The van der Waals surface area contributed by atoms with Crippen LogP contribution in [0.5, 0.6) is 0 Å². The Bertz CT molecular complexity index is 1460. The molecule has 0 aromatic heterocycles. The highest BCUT2D eigenvalue weighted by molar-refractivity contribution is 6.30. The Labute approximate surface area is 249 Å². The third kappa shape index (κ3) is 7.64. The minimum atomic E-state index is -1.09. The molecule has 4 rings (SSSR count). The van der Waals surface area contributed by atoms with Crippen LogP contribution in [0.15, 0.2) is 106 Å². The molecular weight excluding hydrogens is 554 g/mol. The van der Waals surface area contributed by atoms with Crippen LogP contribution in [0.1, 0.15) is 41.9 Å². The number of benzene rings is 3. The maximum absolute atomic E-state index is 14.0. The summed E-state index contributed by atoms with van der Waals surface area (Å²) in [6.07, 6.45) is 0.623. The van der Waals surface area contributed by atoms with Crippen LogP contribution >= 0.6 is 11.6 Å². The summed E-state index contributed by atoms with van der Waals surface area (Å²) >= 11 is 6.30. The van der Waals surface area contributed by atoms with Crippen molar-refractivity contribution < 1.29 is 19.4 Å². The number of carbonyl (C=O) groups is 2. The number of aliphatic imine (C=N–C) groups is 1. The molecule has 0 spiro atoms. The second-order valence-electron chi connectivity index (χ2n) is 9.89. The molecule has 0 saturated heterocycles. The highest BCUT2D eigenvalue weighted by atomic mass is 35.5. The minimum Gasteiger partial charge on any atom is -0.481 e. The Balaban J connectivity index is 1.65. The zero-order valence-electron chi connectivity index (χ0n) is 23.2. The number of halogens is 1. The van der Waals surface area contributed by atoms with Crippen molar-refractivity contribution in [3.63, 3.8) is 0 Å². The van der Waals surface area contributed by atoms with Gasteiger partial charge in [0.2, 0.25) is 5.91 Å². The normalized spacial score (nSPS) is 16.5. The molecule has 2 N–H and O–H groups in total. The third-order valence-corrected chi connectivity index (χ3v) is 7.43. The fraction of sp³-hybridized carbons (Fsp3) is 0.281. The van der Waals surface area contributed by atoms with E-state index in [9.17, 15) is 14.7 Å². The van der Waals surface area contributed by atoms with E-state index in [0.717, 1.165) is 11.1 Å². The van der Waals surface area contributed by atoms with Crippen LogP contribution in [0, 0.1) is 5.92 Å². The van der Waals surface area contributed by atoms with E-state index in [1.165, 1.54) is 0 Å². The van der Waals surface area contributed by atoms with E-state index in [4.69, 9.17) is 21.9 Å². The van der Waals surface area contributed by atoms with Crippen LogP contribution in [0.3, 0.4) is 0 Å². The van der Waals surface area contributed by atoms with Crippen molar-refractivity contribution in [2.45, 2.75) is 25.2 Å². The summed E-state index contributed by atoms with van der Waals surface area (Å²) in [6, 6.07) is 27.0. The van der Waals surface area contributed by atoms with Gasteiger partial charge in [-0.25, -0.2) is 0 Å². The number of nitrogens with one attached hydrogen (secondary N) is 1. The maximum Gasteiger partial charge on any atom is 0.313 e. The first-order chi connectivity index (χ1) is 20.4. The number of nitrogens with zero attached hydrogens (tertiary/aromatic N) is 4. The van der Waals surface area contributed by atoms with Gasteiger partial charge < -0.3 is 15.2 Å². The predicted molar refractivity (Wildman–Crippen MR) is 163 cm³/mol. The average Bonchev–Trinajstić information content (AvgIpc) is 2.99. The Hall–Kier alpha value is -4.43. The Morgan fingerprint density at radius 3 is 2.33 bits per heavy atom. The van der Waals surface area contributed by atoms with E-state index < -0.39 is 23.7 Å². The molecule has 216 valence electrons. The molecule has 0 aliphatic carbocycles. The molecular formula is C32H32ClN5O4. The van der Waals surface area contributed by atoms with Gasteiger partial charge in [0.25, 0.3) is 0 Å². The van der Waals surface area contributed by atoms with Crippen LogP contribution in [0.2, 0.25) is 5.02 Å². The quantitative estimate of drug-likeness (QED) is 0.102. The molecule has 10 heteroatoms. The number of ether oxygens (including phenoxy) is 1. The second-order valence-corrected chi connectivity index (χ2v) is 10.3. The summed E-state index contributed by atoms with van der Waals surface area (Å²) in [5, 5.41) is 17.2. The van der Waals surface area contributed by atoms with Gasteiger partial charge in [0.05, 0.1) is 18.9 Å². The molecule has 1 amide bonds. The summed E-state index contributed by atoms with van der Waals surface area (Å²) in [5.74, 6) is -3.38. The molecule has 1 aliphatic heterocycles. The molecule has 2 unspecified atom stereocenters. The highest BCUT2D eigenvalue weighted by Gasteiger charge is 2.41. The first kappa shape index (κ1) is 30.5. The molecule has 2 atom stereocenters. The minimum absolute atomic E-state index is 0.0484. The number of carboxylic acid groups (broad SMARTS) is 1. The highest BCUT2D eigenvalue weighted by Crippen LogP contribution is 2.40. The van der Waals surface area contributed by atoms with Crippen LogP contribution in [-0.4, -0.2) is 49.0 Å². The lowest BCUT2D eigenvalue weighted by Gasteiger charge is -2.32. The molecule has 0 saturated carbocycles. The lowest BCUT2D eigenvalue weighted by Crippen LogP contribution is -2.39. The number of azide groups is 1. The number of amides is 1. The number of hydrogen-bond acceptors (Lipinski definition) is 5. The largest absolute Gasteiger partial charge is 0.481 e. The van der Waals surface area contributed by atoms with Gasteiger partial charge >= 0.3 is 5.97 Å². The Morgan fingerprint density at radius 1 is 1.07 bits per heavy atom. The van der Waals surface area contributed by atoms with Crippen LogP contribution in [-0.2, 0) is 14.3 Å². The number of carbonyl (C=O) groups excluding carboxylic acids is 1. The van der Waals surface area contributed by atoms with Crippen molar-refractivity contribution in [2.75, 3.05) is 26.3 Å². The average molecular weight is 586 g/mol. The SMILES string of the molecule is CC1=NC(COCCN=[N+]=[N-])=C(C(=O)NCCC(c2ccccc2)c2ccccc2)C(c2cccc(Cl)c2)C1C(=O)O. The molecule has 0 bridgehead atoms. The van der Waals surface area contributed by atoms with Gasteiger partial charge in [-0.05, 0) is 47.7 Å². The predicted octanol–water partition coefficient (Wildman–Crippen LogP) is 6.52. The lowest BCUT2D eigenvalue weighted by molar-refractivity contribution is -0.139. The van der Waals surface area contributed by atoms with Gasteiger partial charge in [-0.15, -0.1) is 0 Å². The van der Waals surface area contributed by atoms with Crippen LogP contribution in [0.25, 0.3) is 10.4 Å². The Kier molecular flexibility index (Phi) is 10.9. The second kappa shape index (κ2) is 15.0. The first-order valence-electron chi connectivity index (χ1n) is 13.6. The monoisotopic (exact) mass is 585 g/mol. The van der Waals surface area contributed by atoms with E-state index in [1.807, 2.05) is 36.4 Å². The maximum atomic E-state index is 14.0. The zero-order chi connectivity index (χ0) is 29.9. The van der Waals surface area contributed by atoms with E-state index >= 15 is 0 Å². The van der Waals surface area contributed by atoms with E-state index in [0.29, 0.717) is 35.0 Å². The van der Waals surface area contributed by atoms with Gasteiger partial charge in [0.15, 0.2) is 0 Å². The van der Waals surface area contributed by atoms with Crippen molar-refractivity contribution in [2.24, 2.45) is 16.0 Å². The number of rotatable bonds is 13. The van der Waals surface area contributed by atoms with Gasteiger partial charge in [-0.2, -0.15) is 0 Å². The number of hydrogen-bond donors (Lipinski definition) is 2. The molecule has 3 aromatic carbocycles. The Morgan fingerprint density at radius 2 is 1.74 bits per heavy atom. The van der Waals surface area contributed by atoms with Crippen molar-refractivity contribution in [1.82, 2.24) is 5.32 Å². The lowest BCUT2D eigenvalue weighted by atomic mass is 9.75. The van der Waals surface area contributed by atoms with E-state index in [-0.39, 0.29) is 31.2 Å². The van der Waals surface area contributed by atoms with Crippen molar-refractivity contribution in [3.8, 4) is 0 Å². The molecule has 42 heavy (non-hydrogen) atoms. The first-order valence-corrected chi connectivity index (χ1v) is 14.0. The van der Waals surface area contributed by atoms with E-state index in [2.05, 4.69) is 44.6 Å². The van der Waals surface area contributed by atoms with Crippen LogP contribution < -0.4 is 5.32 Å². The van der Waals surface area contributed by atoms with Gasteiger partial charge in [0, 0.05) is 46.1 Å². The van der Waals surface area contributed by atoms with Gasteiger partial charge in [-0.3, -0.25) is 14.6 Å². The fourth-order valence-corrected chi connectivity index (χ4v) is 5.53. The van der Waals surface area contributed by atoms with Gasteiger partial charge in [-0.1, -0.05) is 89.5 Å². The molecule has 1 aliphatic rings. The number of aliphatic carboxylic acids is 1. The standard InChI is InChI=1S/C32H32ClN5O4/c1-21-28(32(40)41)29(24-13-8-14-25(33)19-24)30(27(37-21)20-42-18-17-36-38-34)31(39)35-16-15-26(22-9-4-2-5-10-22)23-11-6-3-7-12-23/h2-14,19,26,28-29H,15-18,20H2,1H3,(H,35,39)(H,40,41). The van der Waals surface area contributed by atoms with E-state index in [1.54, 1.807) is 31.2 Å². The topological polar surface area (TPSA) is 137 Å². The zero-order valence-corrected chi connectivity index (χ0v) is 23.9. The number of carboxylic acids is 1. The van der Waals surface area contributed by atoms with Gasteiger partial charge in [0.1, 0.15) is 5.92 Å². The molecule has 1 heterocycles. The summed E-state index contributed by atoms with van der Waals surface area (Å²) < 4.78 is 5.68. The summed E-state index contributed by atoms with van der Waals surface area (Å²) in [6.45, 7) is 2.15. The van der Waals surface area contributed by atoms with Crippen molar-refractivity contribution in [3.05, 3.63) is 128 Å².